The Balaban J connectivity index is 1.13. The maximum atomic E-state index is 12.4. The zero-order valence-electron chi connectivity index (χ0n) is 19.5. The van der Waals surface area contributed by atoms with Gasteiger partial charge >= 0.3 is 6.18 Å². The third-order valence-corrected chi connectivity index (χ3v) is 7.90. The fraction of sp³-hybridized carbons (Fsp3) is 0.708. The number of Topliss-reactive ketones (excluding diaryl/α,β-unsaturated/α-hetero) is 1. The SMILES string of the molecule is Cc1cc(CC(=O)CC2CCC(CCN3CCc4nc(OCC(F)(F)F)sc4CC3)CC2)no1. The van der Waals surface area contributed by atoms with E-state index in [0.29, 0.717) is 24.7 Å². The van der Waals surface area contributed by atoms with Gasteiger partial charge < -0.3 is 14.2 Å². The number of rotatable bonds is 9. The Labute approximate surface area is 201 Å². The molecular weight excluding hydrogens is 467 g/mol. The van der Waals surface area contributed by atoms with Gasteiger partial charge in [0.2, 0.25) is 0 Å². The largest absolute Gasteiger partial charge is 0.460 e. The molecule has 3 heterocycles. The number of nitrogens with zero attached hydrogens (tertiary/aromatic N) is 3. The number of ketones is 1. The molecule has 34 heavy (non-hydrogen) atoms. The lowest BCUT2D eigenvalue weighted by Crippen LogP contribution is -2.30. The number of thiazole rings is 1. The van der Waals surface area contributed by atoms with Gasteiger partial charge in [-0.2, -0.15) is 13.2 Å². The van der Waals surface area contributed by atoms with Crippen molar-refractivity contribution < 1.29 is 27.2 Å². The molecule has 2 aromatic heterocycles. The molecule has 1 aliphatic carbocycles. The van der Waals surface area contributed by atoms with Crippen LogP contribution in [0.3, 0.4) is 0 Å². The number of ether oxygens (including phenoxy) is 1. The molecule has 1 aliphatic heterocycles. The van der Waals surface area contributed by atoms with Crippen LogP contribution in [-0.2, 0) is 24.1 Å². The molecule has 0 unspecified atom stereocenters. The number of carbonyl (C=O) groups excluding carboxylic acids is 1. The van der Waals surface area contributed by atoms with Crippen molar-refractivity contribution in [1.29, 1.82) is 0 Å². The Morgan fingerprint density at radius 1 is 1.21 bits per heavy atom. The van der Waals surface area contributed by atoms with E-state index in [1.807, 2.05) is 13.0 Å². The standard InChI is InChI=1S/C24H32F3N3O3S/c1-16-12-19(29-33-16)14-20(31)13-18-4-2-17(3-5-18)6-9-30-10-7-21-22(8-11-30)34-23(28-21)32-15-24(25,26)27/h12,17-18H,2-11,13-15H2,1H3. The molecule has 1 fully saturated rings. The van der Waals surface area contributed by atoms with E-state index in [1.165, 1.54) is 24.2 Å². The lowest BCUT2D eigenvalue weighted by Gasteiger charge is -2.30. The highest BCUT2D eigenvalue weighted by Gasteiger charge is 2.30. The molecule has 4 rings (SSSR count). The molecule has 0 atom stereocenters. The molecule has 0 amide bonds. The van der Waals surface area contributed by atoms with Gasteiger partial charge in [-0.15, -0.1) is 0 Å². The van der Waals surface area contributed by atoms with Crippen LogP contribution < -0.4 is 4.74 Å². The van der Waals surface area contributed by atoms with Gasteiger partial charge in [-0.25, -0.2) is 4.98 Å². The maximum absolute atomic E-state index is 12.4. The number of carbonyl (C=O) groups is 1. The van der Waals surface area contributed by atoms with E-state index < -0.39 is 12.8 Å². The molecule has 2 aliphatic rings. The molecule has 0 radical (unpaired) electrons. The summed E-state index contributed by atoms with van der Waals surface area (Å²) >= 11 is 1.25. The summed E-state index contributed by atoms with van der Waals surface area (Å²) in [7, 11) is 0. The number of aryl methyl sites for hydroxylation is 1. The summed E-state index contributed by atoms with van der Waals surface area (Å²) in [6.45, 7) is 3.35. The fourth-order valence-electron chi connectivity index (χ4n) is 5.00. The van der Waals surface area contributed by atoms with Crippen LogP contribution in [0.25, 0.3) is 0 Å². The topological polar surface area (TPSA) is 68.5 Å². The summed E-state index contributed by atoms with van der Waals surface area (Å²) in [5, 5.41) is 4.04. The first-order chi connectivity index (χ1) is 16.2. The second kappa shape index (κ2) is 11.2. The highest BCUT2D eigenvalue weighted by Crippen LogP contribution is 2.34. The van der Waals surface area contributed by atoms with E-state index in [4.69, 9.17) is 9.26 Å². The van der Waals surface area contributed by atoms with Crippen LogP contribution in [-0.4, -0.2) is 53.2 Å². The van der Waals surface area contributed by atoms with Crippen LogP contribution >= 0.6 is 11.3 Å². The summed E-state index contributed by atoms with van der Waals surface area (Å²) in [4.78, 5) is 20.1. The van der Waals surface area contributed by atoms with Crippen LogP contribution in [0.1, 0.15) is 60.6 Å². The molecule has 0 N–H and O–H groups in total. The van der Waals surface area contributed by atoms with Crippen molar-refractivity contribution in [3.8, 4) is 5.19 Å². The van der Waals surface area contributed by atoms with Gasteiger partial charge in [0.15, 0.2) is 6.61 Å². The van der Waals surface area contributed by atoms with Gasteiger partial charge in [0.25, 0.3) is 5.19 Å². The van der Waals surface area contributed by atoms with E-state index in [0.717, 1.165) is 73.8 Å². The maximum Gasteiger partial charge on any atom is 0.422 e. The molecule has 0 bridgehead atoms. The van der Waals surface area contributed by atoms with E-state index in [-0.39, 0.29) is 11.0 Å². The summed E-state index contributed by atoms with van der Waals surface area (Å²) in [6.07, 6.45) is 3.92. The van der Waals surface area contributed by atoms with Crippen molar-refractivity contribution in [3.63, 3.8) is 0 Å². The normalized spacial score (nSPS) is 21.8. The minimum atomic E-state index is -4.34. The van der Waals surface area contributed by atoms with Crippen LogP contribution in [0, 0.1) is 18.8 Å². The average Bonchev–Trinajstić information content (AvgIpc) is 3.32. The predicted octanol–water partition coefficient (Wildman–Crippen LogP) is 5.18. The Bertz CT molecular complexity index is 925. The second-order valence-corrected chi connectivity index (χ2v) is 10.7. The van der Waals surface area contributed by atoms with Gasteiger partial charge in [-0.3, -0.25) is 4.79 Å². The second-order valence-electron chi connectivity index (χ2n) is 9.62. The summed E-state index contributed by atoms with van der Waals surface area (Å²) in [5.41, 5.74) is 1.61. The van der Waals surface area contributed by atoms with Crippen LogP contribution in [0.15, 0.2) is 10.6 Å². The van der Waals surface area contributed by atoms with Gasteiger partial charge in [-0.1, -0.05) is 29.3 Å². The fourth-order valence-corrected chi connectivity index (χ4v) is 5.94. The van der Waals surface area contributed by atoms with E-state index in [9.17, 15) is 18.0 Å². The van der Waals surface area contributed by atoms with Crippen LogP contribution in [0.4, 0.5) is 13.2 Å². The molecule has 6 nitrogen and oxygen atoms in total. The molecule has 2 aromatic rings. The Morgan fingerprint density at radius 3 is 2.65 bits per heavy atom. The first kappa shape index (κ1) is 25.2. The minimum Gasteiger partial charge on any atom is -0.460 e. The Kier molecular flexibility index (Phi) is 8.29. The average molecular weight is 500 g/mol. The molecule has 10 heteroatoms. The molecule has 0 aromatic carbocycles. The third kappa shape index (κ3) is 7.53. The minimum absolute atomic E-state index is 0.127. The van der Waals surface area contributed by atoms with E-state index in [1.54, 1.807) is 0 Å². The highest BCUT2D eigenvalue weighted by atomic mass is 32.1. The number of alkyl halides is 3. The Hall–Kier alpha value is -1.94. The molecule has 1 saturated carbocycles. The molecular formula is C24H32F3N3O3S. The number of hydrogen-bond acceptors (Lipinski definition) is 7. The van der Waals surface area contributed by atoms with Gasteiger partial charge in [-0.05, 0) is 51.0 Å². The summed E-state index contributed by atoms with van der Waals surface area (Å²) in [6, 6.07) is 1.83. The van der Waals surface area contributed by atoms with Crippen LogP contribution in [0.5, 0.6) is 5.19 Å². The van der Waals surface area contributed by atoms with Crippen molar-refractivity contribution in [2.45, 2.75) is 70.9 Å². The summed E-state index contributed by atoms with van der Waals surface area (Å²) in [5.74, 6) is 2.15. The first-order valence-corrected chi connectivity index (χ1v) is 12.9. The number of hydrogen-bond donors (Lipinski definition) is 0. The van der Waals surface area contributed by atoms with Gasteiger partial charge in [0, 0.05) is 36.9 Å². The quantitative estimate of drug-likeness (QED) is 0.474. The van der Waals surface area contributed by atoms with E-state index in [2.05, 4.69) is 15.0 Å². The summed E-state index contributed by atoms with van der Waals surface area (Å²) < 4.78 is 47.0. The van der Waals surface area contributed by atoms with Crippen molar-refractivity contribution in [2.75, 3.05) is 26.2 Å². The van der Waals surface area contributed by atoms with Gasteiger partial charge in [0.1, 0.15) is 11.5 Å². The first-order valence-electron chi connectivity index (χ1n) is 12.1. The van der Waals surface area contributed by atoms with Crippen LogP contribution in [0.2, 0.25) is 0 Å². The highest BCUT2D eigenvalue weighted by molar-refractivity contribution is 7.13. The lowest BCUT2D eigenvalue weighted by atomic mass is 9.78. The molecule has 188 valence electrons. The zero-order chi connectivity index (χ0) is 24.1. The number of aromatic nitrogens is 2. The molecule has 0 spiro atoms. The third-order valence-electron chi connectivity index (χ3n) is 6.83. The van der Waals surface area contributed by atoms with E-state index >= 15 is 0 Å². The lowest BCUT2D eigenvalue weighted by molar-refractivity contribution is -0.153. The van der Waals surface area contributed by atoms with Crippen molar-refractivity contribution in [3.05, 3.63) is 28.1 Å². The smallest absolute Gasteiger partial charge is 0.422 e. The number of fused-ring (bicyclic) bond motifs is 1. The van der Waals surface area contributed by atoms with Crippen molar-refractivity contribution in [1.82, 2.24) is 15.0 Å². The van der Waals surface area contributed by atoms with Crippen molar-refractivity contribution >= 4 is 17.1 Å². The van der Waals surface area contributed by atoms with Gasteiger partial charge in [0.05, 0.1) is 17.8 Å². The predicted molar refractivity (Wildman–Crippen MR) is 122 cm³/mol. The number of halogens is 3. The Morgan fingerprint density at radius 2 is 1.94 bits per heavy atom. The molecule has 0 saturated heterocycles. The zero-order valence-corrected chi connectivity index (χ0v) is 20.3. The van der Waals surface area contributed by atoms with Crippen molar-refractivity contribution in [2.24, 2.45) is 11.8 Å². The monoisotopic (exact) mass is 499 g/mol.